The number of nitrogens with zero attached hydrogens (tertiary/aromatic N) is 2. The van der Waals surface area contributed by atoms with Gasteiger partial charge in [0.05, 0.1) is 30.8 Å². The van der Waals surface area contributed by atoms with Crippen LogP contribution in [0.25, 0.3) is 0 Å². The first-order chi connectivity index (χ1) is 11.0. The van der Waals surface area contributed by atoms with Gasteiger partial charge < -0.3 is 14.8 Å². The van der Waals surface area contributed by atoms with E-state index in [1.165, 1.54) is 20.3 Å². The van der Waals surface area contributed by atoms with Crippen LogP contribution in [0, 0.1) is 10.1 Å². The third kappa shape index (κ3) is 3.67. The SMILES string of the molecule is COc1cc([C@H](C(F)F)N2CCNCC2)c([N+](=O)[O-])cc1OC. The number of rotatable bonds is 6. The Balaban J connectivity index is 2.53. The fourth-order valence-electron chi connectivity index (χ4n) is 2.73. The second-order valence-electron chi connectivity index (χ2n) is 5.09. The Bertz CT molecular complexity index is 565. The first kappa shape index (κ1) is 17.4. The molecule has 1 aromatic carbocycles. The molecule has 9 heteroatoms. The summed E-state index contributed by atoms with van der Waals surface area (Å²) in [5.74, 6) is 0.324. The average Bonchev–Trinajstić information content (AvgIpc) is 2.54. The van der Waals surface area contributed by atoms with Crippen LogP contribution in [0.2, 0.25) is 0 Å². The molecule has 0 unspecified atom stereocenters. The Kier molecular flexibility index (Phi) is 5.67. The molecule has 23 heavy (non-hydrogen) atoms. The summed E-state index contributed by atoms with van der Waals surface area (Å²) in [6, 6.07) is 1.04. The van der Waals surface area contributed by atoms with Gasteiger partial charge in [0.15, 0.2) is 11.5 Å². The molecule has 0 radical (unpaired) electrons. The first-order valence-electron chi connectivity index (χ1n) is 7.12. The van der Waals surface area contributed by atoms with Gasteiger partial charge >= 0.3 is 0 Å². The number of alkyl halides is 2. The second kappa shape index (κ2) is 7.51. The number of nitro benzene ring substituents is 1. The quantitative estimate of drug-likeness (QED) is 0.633. The van der Waals surface area contributed by atoms with Crippen molar-refractivity contribution in [1.29, 1.82) is 0 Å². The van der Waals surface area contributed by atoms with Gasteiger partial charge in [-0.25, -0.2) is 8.78 Å². The summed E-state index contributed by atoms with van der Waals surface area (Å²) >= 11 is 0. The molecule has 0 aliphatic carbocycles. The Morgan fingerprint density at radius 3 is 2.26 bits per heavy atom. The molecule has 1 atom stereocenters. The predicted molar refractivity (Wildman–Crippen MR) is 79.4 cm³/mol. The van der Waals surface area contributed by atoms with E-state index in [4.69, 9.17) is 9.47 Å². The molecule has 0 saturated carbocycles. The zero-order valence-electron chi connectivity index (χ0n) is 12.9. The lowest BCUT2D eigenvalue weighted by atomic mass is 10.0. The third-order valence-corrected chi connectivity index (χ3v) is 3.83. The first-order valence-corrected chi connectivity index (χ1v) is 7.12. The Morgan fingerprint density at radius 2 is 1.78 bits per heavy atom. The maximum Gasteiger partial charge on any atom is 0.278 e. The van der Waals surface area contributed by atoms with Crippen LogP contribution in [0.1, 0.15) is 11.6 Å². The van der Waals surface area contributed by atoms with Crippen LogP contribution < -0.4 is 14.8 Å². The summed E-state index contributed by atoms with van der Waals surface area (Å²) in [7, 11) is 2.69. The second-order valence-corrected chi connectivity index (χ2v) is 5.09. The number of hydrogen-bond acceptors (Lipinski definition) is 6. The minimum Gasteiger partial charge on any atom is -0.493 e. The van der Waals surface area contributed by atoms with Crippen LogP contribution in [0.4, 0.5) is 14.5 Å². The van der Waals surface area contributed by atoms with Gasteiger partial charge in [0, 0.05) is 26.2 Å². The zero-order chi connectivity index (χ0) is 17.0. The van der Waals surface area contributed by atoms with Crippen LogP contribution in [0.5, 0.6) is 11.5 Å². The van der Waals surface area contributed by atoms with E-state index < -0.39 is 23.1 Å². The van der Waals surface area contributed by atoms with Crippen molar-refractivity contribution in [2.24, 2.45) is 0 Å². The fourth-order valence-corrected chi connectivity index (χ4v) is 2.73. The minimum atomic E-state index is -2.76. The zero-order valence-corrected chi connectivity index (χ0v) is 12.9. The van der Waals surface area contributed by atoms with Crippen LogP contribution in [0.3, 0.4) is 0 Å². The molecule has 1 aliphatic heterocycles. The van der Waals surface area contributed by atoms with E-state index >= 15 is 0 Å². The van der Waals surface area contributed by atoms with Crippen molar-refractivity contribution in [3.05, 3.63) is 27.8 Å². The number of hydrogen-bond donors (Lipinski definition) is 1. The number of ether oxygens (including phenoxy) is 2. The molecule has 1 aliphatic rings. The summed E-state index contributed by atoms with van der Waals surface area (Å²) in [6.45, 7) is 1.90. The summed E-state index contributed by atoms with van der Waals surface area (Å²) < 4.78 is 37.5. The summed E-state index contributed by atoms with van der Waals surface area (Å²) in [5.41, 5.74) is -0.462. The third-order valence-electron chi connectivity index (χ3n) is 3.83. The summed E-state index contributed by atoms with van der Waals surface area (Å²) in [6.07, 6.45) is -2.76. The molecule has 1 saturated heterocycles. The van der Waals surface area contributed by atoms with Crippen molar-refractivity contribution >= 4 is 5.69 Å². The maximum absolute atomic E-state index is 13.7. The highest BCUT2D eigenvalue weighted by Crippen LogP contribution is 2.41. The van der Waals surface area contributed by atoms with Gasteiger partial charge in [0.2, 0.25) is 0 Å². The molecule has 0 spiro atoms. The van der Waals surface area contributed by atoms with E-state index in [2.05, 4.69) is 5.32 Å². The van der Waals surface area contributed by atoms with Crippen molar-refractivity contribution in [1.82, 2.24) is 10.2 Å². The largest absolute Gasteiger partial charge is 0.493 e. The molecule has 128 valence electrons. The van der Waals surface area contributed by atoms with Crippen LogP contribution in [0.15, 0.2) is 12.1 Å². The number of nitrogens with one attached hydrogen (secondary N) is 1. The van der Waals surface area contributed by atoms with E-state index in [0.717, 1.165) is 6.07 Å². The van der Waals surface area contributed by atoms with E-state index in [-0.39, 0.29) is 17.1 Å². The minimum absolute atomic E-state index is 0.0652. The van der Waals surface area contributed by atoms with Crippen molar-refractivity contribution in [2.75, 3.05) is 40.4 Å². The lowest BCUT2D eigenvalue weighted by Gasteiger charge is -2.34. The highest BCUT2D eigenvalue weighted by molar-refractivity contribution is 5.55. The number of nitro groups is 1. The van der Waals surface area contributed by atoms with Gasteiger partial charge in [-0.05, 0) is 6.07 Å². The van der Waals surface area contributed by atoms with Crippen molar-refractivity contribution in [3.63, 3.8) is 0 Å². The summed E-state index contributed by atoms with van der Waals surface area (Å²) in [4.78, 5) is 12.2. The fraction of sp³-hybridized carbons (Fsp3) is 0.571. The normalized spacial score (nSPS) is 17.1. The highest BCUT2D eigenvalue weighted by Gasteiger charge is 2.36. The van der Waals surface area contributed by atoms with Gasteiger partial charge in [-0.15, -0.1) is 0 Å². The van der Waals surface area contributed by atoms with E-state index in [1.54, 1.807) is 4.90 Å². The van der Waals surface area contributed by atoms with Gasteiger partial charge in [0.1, 0.15) is 6.04 Å². The van der Waals surface area contributed by atoms with Crippen LogP contribution in [-0.4, -0.2) is 56.6 Å². The van der Waals surface area contributed by atoms with Gasteiger partial charge in [0.25, 0.3) is 12.1 Å². The number of methoxy groups -OCH3 is 2. The Morgan fingerprint density at radius 1 is 1.22 bits per heavy atom. The van der Waals surface area contributed by atoms with Gasteiger partial charge in [-0.3, -0.25) is 15.0 Å². The molecule has 0 bridgehead atoms. The molecular weight excluding hydrogens is 312 g/mol. The lowest BCUT2D eigenvalue weighted by molar-refractivity contribution is -0.386. The van der Waals surface area contributed by atoms with E-state index in [1.807, 2.05) is 0 Å². The van der Waals surface area contributed by atoms with Crippen LogP contribution >= 0.6 is 0 Å². The average molecular weight is 331 g/mol. The molecule has 0 aromatic heterocycles. The molecule has 1 N–H and O–H groups in total. The molecule has 0 amide bonds. The van der Waals surface area contributed by atoms with Crippen molar-refractivity contribution in [2.45, 2.75) is 12.5 Å². The maximum atomic E-state index is 13.7. The predicted octanol–water partition coefficient (Wildman–Crippen LogP) is 1.82. The molecule has 1 heterocycles. The number of halogens is 2. The molecule has 7 nitrogen and oxygen atoms in total. The molecule has 1 fully saturated rings. The standard InChI is InChI=1S/C14H19F2N3O4/c1-22-11-7-9(10(19(20)21)8-12(11)23-2)13(14(15)16)18-5-3-17-4-6-18/h7-8,13-14,17H,3-6H2,1-2H3/t13-/m1/s1. The number of benzene rings is 1. The smallest absolute Gasteiger partial charge is 0.278 e. The van der Waals surface area contributed by atoms with Crippen molar-refractivity contribution in [3.8, 4) is 11.5 Å². The molecule has 2 rings (SSSR count). The number of piperazine rings is 1. The molecule has 1 aromatic rings. The van der Waals surface area contributed by atoms with Crippen molar-refractivity contribution < 1.29 is 23.2 Å². The Hall–Kier alpha value is -2.00. The topological polar surface area (TPSA) is 76.9 Å². The highest BCUT2D eigenvalue weighted by atomic mass is 19.3. The van der Waals surface area contributed by atoms with Gasteiger partial charge in [-0.2, -0.15) is 0 Å². The monoisotopic (exact) mass is 331 g/mol. The Labute approximate surface area is 132 Å². The molecular formula is C14H19F2N3O4. The van der Waals surface area contributed by atoms with E-state index in [0.29, 0.717) is 26.2 Å². The van der Waals surface area contributed by atoms with Crippen LogP contribution in [-0.2, 0) is 0 Å². The van der Waals surface area contributed by atoms with E-state index in [9.17, 15) is 18.9 Å². The lowest BCUT2D eigenvalue weighted by Crippen LogP contribution is -2.47. The van der Waals surface area contributed by atoms with Gasteiger partial charge in [-0.1, -0.05) is 0 Å². The summed E-state index contributed by atoms with van der Waals surface area (Å²) in [5, 5.41) is 14.4.